The number of fused-ring (bicyclic) bond motifs is 3. The summed E-state index contributed by atoms with van der Waals surface area (Å²) in [6.45, 7) is 6.87. The van der Waals surface area contributed by atoms with Crippen LogP contribution in [-0.4, -0.2) is 76.5 Å². The van der Waals surface area contributed by atoms with Gasteiger partial charge in [-0.15, -0.1) is 0 Å². The fourth-order valence-corrected chi connectivity index (χ4v) is 5.45. The minimum Gasteiger partial charge on any atom is -0.379 e. The molecule has 2 fully saturated rings. The van der Waals surface area contributed by atoms with Crippen molar-refractivity contribution in [3.63, 3.8) is 0 Å². The van der Waals surface area contributed by atoms with Gasteiger partial charge in [-0.3, -0.25) is 4.90 Å². The number of hydrogen-bond acceptors (Lipinski definition) is 7. The molecule has 2 aromatic heterocycles. The van der Waals surface area contributed by atoms with Crippen LogP contribution in [0.15, 0.2) is 60.9 Å². The molecule has 0 bridgehead atoms. The van der Waals surface area contributed by atoms with E-state index in [-0.39, 0.29) is 6.04 Å². The first-order chi connectivity index (χ1) is 17.3. The average molecular weight is 469 g/mol. The van der Waals surface area contributed by atoms with Crippen molar-refractivity contribution in [1.82, 2.24) is 24.4 Å². The molecule has 2 aromatic carbocycles. The molecule has 0 spiro atoms. The van der Waals surface area contributed by atoms with Gasteiger partial charge in [-0.05, 0) is 23.3 Å². The number of aromatic nitrogens is 4. The van der Waals surface area contributed by atoms with Crippen LogP contribution in [0.2, 0.25) is 0 Å². The summed E-state index contributed by atoms with van der Waals surface area (Å²) in [5, 5.41) is 0. The quantitative estimate of drug-likeness (QED) is 0.456. The molecule has 8 nitrogen and oxygen atoms in total. The maximum Gasteiger partial charge on any atom is 0.225 e. The summed E-state index contributed by atoms with van der Waals surface area (Å²) in [5.74, 6) is 1.78. The number of benzene rings is 2. The van der Waals surface area contributed by atoms with Crippen LogP contribution in [0.4, 0.5) is 5.95 Å². The van der Waals surface area contributed by atoms with Gasteiger partial charge in [0, 0.05) is 50.2 Å². The summed E-state index contributed by atoms with van der Waals surface area (Å²) in [7, 11) is 0. The summed E-state index contributed by atoms with van der Waals surface area (Å²) in [6, 6.07) is 17.6. The van der Waals surface area contributed by atoms with Crippen LogP contribution in [0.5, 0.6) is 0 Å². The van der Waals surface area contributed by atoms with E-state index in [4.69, 9.17) is 24.4 Å². The Labute approximate surface area is 204 Å². The Morgan fingerprint density at radius 2 is 1.66 bits per heavy atom. The molecule has 35 heavy (non-hydrogen) atoms. The Kier molecular flexibility index (Phi) is 5.23. The lowest BCUT2D eigenvalue weighted by atomic mass is 10.1. The Morgan fingerprint density at radius 1 is 0.857 bits per heavy atom. The lowest BCUT2D eigenvalue weighted by Crippen LogP contribution is -2.62. The molecule has 0 N–H and O–H groups in total. The van der Waals surface area contributed by atoms with Gasteiger partial charge in [0.2, 0.25) is 5.95 Å². The first-order valence-corrected chi connectivity index (χ1v) is 12.4. The molecule has 0 radical (unpaired) electrons. The van der Waals surface area contributed by atoms with Crippen molar-refractivity contribution in [2.45, 2.75) is 18.7 Å². The largest absolute Gasteiger partial charge is 0.379 e. The Balaban J connectivity index is 1.14. The Hall–Kier alpha value is -3.33. The normalized spacial score (nSPS) is 21.1. The van der Waals surface area contributed by atoms with Crippen LogP contribution >= 0.6 is 0 Å². The number of anilines is 1. The van der Waals surface area contributed by atoms with E-state index in [2.05, 4.69) is 56.8 Å². The lowest BCUT2D eigenvalue weighted by Gasteiger charge is -2.46. The summed E-state index contributed by atoms with van der Waals surface area (Å²) in [5.41, 5.74) is 5.45. The van der Waals surface area contributed by atoms with Crippen LogP contribution in [-0.2, 0) is 16.1 Å². The van der Waals surface area contributed by atoms with Crippen molar-refractivity contribution in [3.05, 3.63) is 72.3 Å². The molecule has 1 atom stereocenters. The molecule has 7 rings (SSSR count). The summed E-state index contributed by atoms with van der Waals surface area (Å²) in [6.07, 6.45) is 3.88. The molecule has 0 unspecified atom stereocenters. The molecule has 2 saturated heterocycles. The Morgan fingerprint density at radius 3 is 2.46 bits per heavy atom. The molecule has 8 heteroatoms. The molecule has 0 aliphatic carbocycles. The van der Waals surface area contributed by atoms with E-state index in [0.717, 1.165) is 73.3 Å². The Bertz CT molecular complexity index is 1330. The van der Waals surface area contributed by atoms with E-state index in [1.165, 1.54) is 5.56 Å². The molecule has 4 aromatic rings. The van der Waals surface area contributed by atoms with Crippen molar-refractivity contribution < 1.29 is 9.47 Å². The smallest absolute Gasteiger partial charge is 0.225 e. The second kappa shape index (κ2) is 8.71. The molecule has 3 aliphatic rings. The zero-order valence-electron chi connectivity index (χ0n) is 19.6. The van der Waals surface area contributed by atoms with Gasteiger partial charge in [-0.2, -0.15) is 0 Å². The fourth-order valence-electron chi connectivity index (χ4n) is 5.45. The number of imidazole rings is 1. The van der Waals surface area contributed by atoms with Gasteiger partial charge >= 0.3 is 0 Å². The number of rotatable bonds is 4. The summed E-state index contributed by atoms with van der Waals surface area (Å²) < 4.78 is 13.7. The summed E-state index contributed by atoms with van der Waals surface area (Å²) >= 11 is 0. The maximum absolute atomic E-state index is 5.89. The standard InChI is InChI=1S/C27H28N6O2/c1-2-4-19(5-3-1)25-17-35-18-26-30-23-7-6-20(12-24(23)33(25)26)21-13-28-27(29-14-21)32-15-22(16-32)31-8-10-34-11-9-31/h1-7,12-14,22,25H,8-11,15-18H2/t25-/m1/s1. The third kappa shape index (κ3) is 3.78. The first kappa shape index (κ1) is 21.0. The monoisotopic (exact) mass is 468 g/mol. The van der Waals surface area contributed by atoms with Crippen LogP contribution in [0.25, 0.3) is 22.2 Å². The zero-order chi connectivity index (χ0) is 23.2. The minimum absolute atomic E-state index is 0.115. The van der Waals surface area contributed by atoms with E-state index in [1.54, 1.807) is 0 Å². The average Bonchev–Trinajstić information content (AvgIpc) is 3.27. The van der Waals surface area contributed by atoms with Gasteiger partial charge in [0.1, 0.15) is 12.4 Å². The van der Waals surface area contributed by atoms with E-state index < -0.39 is 0 Å². The SMILES string of the molecule is c1ccc([C@H]2COCc3nc4ccc(-c5cnc(N6CC(N7CCOCC7)C6)nc5)cc4n32)cc1. The van der Waals surface area contributed by atoms with Gasteiger partial charge < -0.3 is 18.9 Å². The predicted molar refractivity (Wildman–Crippen MR) is 133 cm³/mol. The van der Waals surface area contributed by atoms with Crippen molar-refractivity contribution in [2.75, 3.05) is 50.9 Å². The van der Waals surface area contributed by atoms with Crippen LogP contribution in [0.3, 0.4) is 0 Å². The highest BCUT2D eigenvalue weighted by Gasteiger charge is 2.34. The topological polar surface area (TPSA) is 68.5 Å². The maximum atomic E-state index is 5.89. The number of nitrogens with zero attached hydrogens (tertiary/aromatic N) is 6. The van der Waals surface area contributed by atoms with Crippen molar-refractivity contribution in [3.8, 4) is 11.1 Å². The molecular weight excluding hydrogens is 440 g/mol. The first-order valence-electron chi connectivity index (χ1n) is 12.4. The van der Waals surface area contributed by atoms with Crippen LogP contribution < -0.4 is 4.90 Å². The highest BCUT2D eigenvalue weighted by atomic mass is 16.5. The highest BCUT2D eigenvalue weighted by molar-refractivity contribution is 5.83. The number of ether oxygens (including phenoxy) is 2. The third-order valence-electron chi connectivity index (χ3n) is 7.44. The van der Waals surface area contributed by atoms with Crippen molar-refractivity contribution >= 4 is 17.0 Å². The number of hydrogen-bond donors (Lipinski definition) is 0. The lowest BCUT2D eigenvalue weighted by molar-refractivity contribution is 0.0103. The van der Waals surface area contributed by atoms with E-state index in [1.807, 2.05) is 18.5 Å². The highest BCUT2D eigenvalue weighted by Crippen LogP contribution is 2.33. The van der Waals surface area contributed by atoms with Gasteiger partial charge in [0.15, 0.2) is 0 Å². The second-order valence-corrected chi connectivity index (χ2v) is 9.52. The molecule has 3 aliphatic heterocycles. The van der Waals surface area contributed by atoms with Gasteiger partial charge in [0.25, 0.3) is 0 Å². The van der Waals surface area contributed by atoms with Crippen molar-refractivity contribution in [1.29, 1.82) is 0 Å². The van der Waals surface area contributed by atoms with Gasteiger partial charge in [0.05, 0.1) is 36.9 Å². The van der Waals surface area contributed by atoms with E-state index in [9.17, 15) is 0 Å². The summed E-state index contributed by atoms with van der Waals surface area (Å²) in [4.78, 5) is 19.0. The fraction of sp³-hybridized carbons (Fsp3) is 0.370. The number of morpholine rings is 1. The third-order valence-corrected chi connectivity index (χ3v) is 7.44. The minimum atomic E-state index is 0.115. The van der Waals surface area contributed by atoms with E-state index in [0.29, 0.717) is 19.3 Å². The van der Waals surface area contributed by atoms with Crippen LogP contribution in [0, 0.1) is 0 Å². The molecule has 0 amide bonds. The molecule has 0 saturated carbocycles. The van der Waals surface area contributed by atoms with Gasteiger partial charge in [-0.1, -0.05) is 36.4 Å². The second-order valence-electron chi connectivity index (χ2n) is 9.52. The predicted octanol–water partition coefficient (Wildman–Crippen LogP) is 3.13. The molecule has 178 valence electrons. The molecular formula is C27H28N6O2. The zero-order valence-corrected chi connectivity index (χ0v) is 19.6. The van der Waals surface area contributed by atoms with Crippen LogP contribution in [0.1, 0.15) is 17.4 Å². The molecule has 5 heterocycles. The van der Waals surface area contributed by atoms with E-state index >= 15 is 0 Å². The van der Waals surface area contributed by atoms with Crippen molar-refractivity contribution in [2.24, 2.45) is 0 Å². The van der Waals surface area contributed by atoms with Gasteiger partial charge in [-0.25, -0.2) is 15.0 Å².